The molecule has 0 radical (unpaired) electrons. The van der Waals surface area contributed by atoms with E-state index in [4.69, 9.17) is 5.73 Å². The van der Waals surface area contributed by atoms with Crippen molar-refractivity contribution in [2.45, 2.75) is 19.9 Å². The second-order valence-electron chi connectivity index (χ2n) is 3.00. The Morgan fingerprint density at radius 3 is 2.83 bits per heavy atom. The van der Waals surface area contributed by atoms with E-state index in [1.54, 1.807) is 0 Å². The number of hydrogen-bond donors (Lipinski definition) is 2. The van der Waals surface area contributed by atoms with Crippen molar-refractivity contribution < 1.29 is 0 Å². The summed E-state index contributed by atoms with van der Waals surface area (Å²) in [6.45, 7) is 4.67. The molecule has 3 nitrogen and oxygen atoms in total. The Bertz CT molecular complexity index is 230. The minimum absolute atomic E-state index is 0.278. The first kappa shape index (κ1) is 9.00. The molecule has 0 fully saturated rings. The predicted molar refractivity (Wildman–Crippen MR) is 51.1 cm³/mol. The fraction of sp³-hybridized carbons (Fsp3) is 0.444. The van der Waals surface area contributed by atoms with Gasteiger partial charge in [-0.1, -0.05) is 6.07 Å². The molecule has 0 saturated heterocycles. The summed E-state index contributed by atoms with van der Waals surface area (Å²) in [4.78, 5) is 4.20. The monoisotopic (exact) mass is 165 g/mol. The molecule has 1 rings (SSSR count). The Hall–Kier alpha value is -1.09. The van der Waals surface area contributed by atoms with Crippen LogP contribution in [0, 0.1) is 6.92 Å². The van der Waals surface area contributed by atoms with Crippen molar-refractivity contribution in [3.8, 4) is 0 Å². The Morgan fingerprint density at radius 2 is 2.33 bits per heavy atom. The van der Waals surface area contributed by atoms with Crippen LogP contribution in [-0.4, -0.2) is 17.6 Å². The van der Waals surface area contributed by atoms with Gasteiger partial charge in [-0.15, -0.1) is 0 Å². The molecule has 12 heavy (non-hydrogen) atoms. The number of aromatic nitrogens is 1. The van der Waals surface area contributed by atoms with E-state index in [1.165, 1.54) is 5.56 Å². The van der Waals surface area contributed by atoms with Crippen LogP contribution in [0.1, 0.15) is 12.5 Å². The average molecular weight is 165 g/mol. The zero-order valence-electron chi connectivity index (χ0n) is 7.54. The van der Waals surface area contributed by atoms with Crippen molar-refractivity contribution in [1.29, 1.82) is 0 Å². The number of hydrogen-bond acceptors (Lipinski definition) is 3. The molecule has 1 unspecified atom stereocenters. The van der Waals surface area contributed by atoms with Gasteiger partial charge in [0.2, 0.25) is 0 Å². The fourth-order valence-electron chi connectivity index (χ4n) is 0.865. The van der Waals surface area contributed by atoms with E-state index < -0.39 is 0 Å². The second-order valence-corrected chi connectivity index (χ2v) is 3.00. The zero-order chi connectivity index (χ0) is 8.97. The first-order chi connectivity index (χ1) is 5.72. The lowest BCUT2D eigenvalue weighted by Crippen LogP contribution is -2.25. The first-order valence-corrected chi connectivity index (χ1v) is 4.11. The summed E-state index contributed by atoms with van der Waals surface area (Å²) in [5.41, 5.74) is 6.63. The van der Waals surface area contributed by atoms with Crippen molar-refractivity contribution in [3.05, 3.63) is 23.9 Å². The van der Waals surface area contributed by atoms with Crippen molar-refractivity contribution >= 4 is 5.82 Å². The number of nitrogens with two attached hydrogens (primary N) is 1. The maximum Gasteiger partial charge on any atom is 0.126 e. The van der Waals surface area contributed by atoms with Crippen LogP contribution < -0.4 is 11.1 Å². The lowest BCUT2D eigenvalue weighted by molar-refractivity contribution is 0.798. The largest absolute Gasteiger partial charge is 0.366 e. The molecule has 0 aliphatic heterocycles. The van der Waals surface area contributed by atoms with Gasteiger partial charge in [-0.25, -0.2) is 4.98 Å². The smallest absolute Gasteiger partial charge is 0.126 e. The van der Waals surface area contributed by atoms with Crippen LogP contribution in [0.25, 0.3) is 0 Å². The molecule has 3 heteroatoms. The van der Waals surface area contributed by atoms with E-state index >= 15 is 0 Å². The molecular formula is C9H15N3. The van der Waals surface area contributed by atoms with Gasteiger partial charge in [0.1, 0.15) is 5.82 Å². The van der Waals surface area contributed by atoms with E-state index in [0.29, 0.717) is 6.54 Å². The van der Waals surface area contributed by atoms with Gasteiger partial charge in [-0.2, -0.15) is 0 Å². The highest BCUT2D eigenvalue weighted by Crippen LogP contribution is 2.04. The third-order valence-corrected chi connectivity index (χ3v) is 1.66. The Labute approximate surface area is 73.0 Å². The van der Waals surface area contributed by atoms with E-state index in [1.807, 2.05) is 32.2 Å². The summed E-state index contributed by atoms with van der Waals surface area (Å²) in [5, 5.41) is 3.18. The third-order valence-electron chi connectivity index (χ3n) is 1.66. The van der Waals surface area contributed by atoms with Crippen LogP contribution >= 0.6 is 0 Å². The molecule has 0 bridgehead atoms. The molecule has 0 amide bonds. The quantitative estimate of drug-likeness (QED) is 0.706. The topological polar surface area (TPSA) is 50.9 Å². The van der Waals surface area contributed by atoms with Gasteiger partial charge >= 0.3 is 0 Å². The Morgan fingerprint density at radius 1 is 1.58 bits per heavy atom. The molecule has 0 saturated carbocycles. The van der Waals surface area contributed by atoms with Crippen LogP contribution in [-0.2, 0) is 0 Å². The van der Waals surface area contributed by atoms with Crippen molar-refractivity contribution in [3.63, 3.8) is 0 Å². The van der Waals surface area contributed by atoms with E-state index in [2.05, 4.69) is 10.3 Å². The van der Waals surface area contributed by atoms with Crippen LogP contribution in [0.15, 0.2) is 18.3 Å². The van der Waals surface area contributed by atoms with E-state index in [9.17, 15) is 0 Å². The van der Waals surface area contributed by atoms with Gasteiger partial charge in [-0.3, -0.25) is 0 Å². The molecule has 1 heterocycles. The predicted octanol–water partition coefficient (Wildman–Crippen LogP) is 1.15. The summed E-state index contributed by atoms with van der Waals surface area (Å²) < 4.78 is 0. The molecule has 1 aromatic heterocycles. The van der Waals surface area contributed by atoms with Crippen LogP contribution in [0.3, 0.4) is 0 Å². The fourth-order valence-corrected chi connectivity index (χ4v) is 0.865. The first-order valence-electron chi connectivity index (χ1n) is 4.11. The highest BCUT2D eigenvalue weighted by molar-refractivity contribution is 5.36. The number of nitrogens with one attached hydrogen (secondary N) is 1. The van der Waals surface area contributed by atoms with E-state index in [-0.39, 0.29) is 6.04 Å². The summed E-state index contributed by atoms with van der Waals surface area (Å²) in [6, 6.07) is 4.26. The lowest BCUT2D eigenvalue weighted by Gasteiger charge is -2.11. The SMILES string of the molecule is Cc1ccc(NC(C)CN)nc1. The van der Waals surface area contributed by atoms with Crippen LogP contribution in [0.2, 0.25) is 0 Å². The van der Waals surface area contributed by atoms with Crippen molar-refractivity contribution in [2.75, 3.05) is 11.9 Å². The van der Waals surface area contributed by atoms with Crippen molar-refractivity contribution in [1.82, 2.24) is 4.98 Å². The molecule has 3 N–H and O–H groups in total. The molecule has 0 aliphatic carbocycles. The average Bonchev–Trinajstić information content (AvgIpc) is 2.09. The number of aryl methyl sites for hydroxylation is 1. The highest BCUT2D eigenvalue weighted by Gasteiger charge is 1.98. The summed E-state index contributed by atoms with van der Waals surface area (Å²) in [7, 11) is 0. The molecule has 0 aromatic carbocycles. The highest BCUT2D eigenvalue weighted by atomic mass is 15.0. The maximum atomic E-state index is 5.46. The lowest BCUT2D eigenvalue weighted by atomic mass is 10.3. The summed E-state index contributed by atoms with van der Waals surface area (Å²) in [6.07, 6.45) is 1.84. The molecule has 1 atom stereocenters. The van der Waals surface area contributed by atoms with Gasteiger partial charge in [0, 0.05) is 18.8 Å². The summed E-state index contributed by atoms with van der Waals surface area (Å²) >= 11 is 0. The van der Waals surface area contributed by atoms with Crippen molar-refractivity contribution in [2.24, 2.45) is 5.73 Å². The van der Waals surface area contributed by atoms with Gasteiger partial charge in [0.25, 0.3) is 0 Å². The van der Waals surface area contributed by atoms with Crippen LogP contribution in [0.5, 0.6) is 0 Å². The second kappa shape index (κ2) is 4.07. The summed E-state index contributed by atoms with van der Waals surface area (Å²) in [5.74, 6) is 0.888. The minimum Gasteiger partial charge on any atom is -0.366 e. The Balaban J connectivity index is 2.58. The van der Waals surface area contributed by atoms with Gasteiger partial charge in [-0.05, 0) is 25.5 Å². The van der Waals surface area contributed by atoms with Gasteiger partial charge in [0.05, 0.1) is 0 Å². The maximum absolute atomic E-state index is 5.46. The van der Waals surface area contributed by atoms with Gasteiger partial charge in [0.15, 0.2) is 0 Å². The number of pyridine rings is 1. The molecule has 1 aromatic rings. The number of rotatable bonds is 3. The third kappa shape index (κ3) is 2.51. The standard InChI is InChI=1S/C9H15N3/c1-7-3-4-9(11-6-7)12-8(2)5-10/h3-4,6,8H,5,10H2,1-2H3,(H,11,12). The molecule has 0 aliphatic rings. The molecular weight excluding hydrogens is 150 g/mol. The number of nitrogens with zero attached hydrogens (tertiary/aromatic N) is 1. The zero-order valence-corrected chi connectivity index (χ0v) is 7.54. The van der Waals surface area contributed by atoms with E-state index in [0.717, 1.165) is 5.82 Å². The van der Waals surface area contributed by atoms with Gasteiger partial charge < -0.3 is 11.1 Å². The molecule has 0 spiro atoms. The normalized spacial score (nSPS) is 12.6. The van der Waals surface area contributed by atoms with Crippen LogP contribution in [0.4, 0.5) is 5.82 Å². The Kier molecular flexibility index (Phi) is 3.05. The number of anilines is 1. The molecule has 66 valence electrons. The minimum atomic E-state index is 0.278.